The molecule has 2 N–H and O–H groups in total. The number of ether oxygens (including phenoxy) is 1. The first-order chi connectivity index (χ1) is 9.15. The minimum absolute atomic E-state index is 0.565. The first-order valence-electron chi connectivity index (χ1n) is 6.71. The molecule has 0 saturated heterocycles. The van der Waals surface area contributed by atoms with Gasteiger partial charge in [0, 0.05) is 19.7 Å². The van der Waals surface area contributed by atoms with Crippen LogP contribution in [0.4, 0.5) is 11.6 Å². The van der Waals surface area contributed by atoms with Crippen molar-refractivity contribution in [2.24, 2.45) is 5.92 Å². The third kappa shape index (κ3) is 6.20. The molecule has 0 amide bonds. The van der Waals surface area contributed by atoms with Crippen molar-refractivity contribution in [1.29, 1.82) is 0 Å². The summed E-state index contributed by atoms with van der Waals surface area (Å²) < 4.78 is 6.38. The van der Waals surface area contributed by atoms with Crippen LogP contribution in [0.15, 0.2) is 10.8 Å². The molecular weight excluding hydrogens is 308 g/mol. The van der Waals surface area contributed by atoms with Crippen molar-refractivity contribution >= 4 is 27.6 Å². The smallest absolute Gasteiger partial charge is 0.146 e. The number of rotatable bonds is 9. The monoisotopic (exact) mass is 330 g/mol. The molecule has 6 heteroatoms. The van der Waals surface area contributed by atoms with Gasteiger partial charge in [0.15, 0.2) is 0 Å². The molecule has 1 heterocycles. The lowest BCUT2D eigenvalue weighted by atomic mass is 10.2. The molecular formula is C13H23BrN4O. The Morgan fingerprint density at radius 1 is 1.21 bits per heavy atom. The fourth-order valence-electron chi connectivity index (χ4n) is 1.42. The van der Waals surface area contributed by atoms with Crippen LogP contribution in [0, 0.1) is 5.92 Å². The van der Waals surface area contributed by atoms with Crippen LogP contribution in [0.25, 0.3) is 0 Å². The Balaban J connectivity index is 2.40. The zero-order chi connectivity index (χ0) is 14.1. The molecule has 0 aromatic carbocycles. The molecule has 5 nitrogen and oxygen atoms in total. The standard InChI is InChI=1S/C13H23BrN4O/c1-4-5-15-12-11(14)13(18-9-17-12)16-6-7-19-8-10(2)3/h9-10H,4-8H2,1-3H3,(H2,15,16,17,18). The van der Waals surface area contributed by atoms with E-state index in [1.54, 1.807) is 6.33 Å². The van der Waals surface area contributed by atoms with Crippen molar-refractivity contribution in [3.63, 3.8) is 0 Å². The fourth-order valence-corrected chi connectivity index (χ4v) is 1.91. The van der Waals surface area contributed by atoms with Crippen LogP contribution < -0.4 is 10.6 Å². The summed E-state index contributed by atoms with van der Waals surface area (Å²) in [6, 6.07) is 0. The molecule has 0 aliphatic heterocycles. The van der Waals surface area contributed by atoms with E-state index in [2.05, 4.69) is 57.3 Å². The maximum absolute atomic E-state index is 5.51. The second-order valence-electron chi connectivity index (χ2n) is 4.71. The van der Waals surface area contributed by atoms with Crippen LogP contribution in [-0.4, -0.2) is 36.3 Å². The van der Waals surface area contributed by atoms with Gasteiger partial charge in [-0.25, -0.2) is 9.97 Å². The second kappa shape index (κ2) is 9.09. The highest BCUT2D eigenvalue weighted by Gasteiger charge is 2.07. The van der Waals surface area contributed by atoms with Gasteiger partial charge in [0.2, 0.25) is 0 Å². The summed E-state index contributed by atoms with van der Waals surface area (Å²) in [6.07, 6.45) is 2.61. The molecule has 0 radical (unpaired) electrons. The predicted octanol–water partition coefficient (Wildman–Crippen LogP) is 3.15. The van der Waals surface area contributed by atoms with Gasteiger partial charge in [-0.1, -0.05) is 20.8 Å². The first-order valence-corrected chi connectivity index (χ1v) is 7.50. The van der Waals surface area contributed by atoms with E-state index in [1.807, 2.05) is 0 Å². The first kappa shape index (κ1) is 16.2. The number of nitrogens with zero attached hydrogens (tertiary/aromatic N) is 2. The third-order valence-corrected chi connectivity index (χ3v) is 3.07. The number of nitrogens with one attached hydrogen (secondary N) is 2. The van der Waals surface area contributed by atoms with Gasteiger partial charge in [-0.2, -0.15) is 0 Å². The Labute approximate surface area is 123 Å². The maximum Gasteiger partial charge on any atom is 0.146 e. The Bertz CT molecular complexity index is 374. The van der Waals surface area contributed by atoms with E-state index in [0.717, 1.165) is 42.2 Å². The predicted molar refractivity (Wildman–Crippen MR) is 82.7 cm³/mol. The molecule has 0 aliphatic carbocycles. The van der Waals surface area contributed by atoms with Crippen molar-refractivity contribution in [1.82, 2.24) is 9.97 Å². The molecule has 0 bridgehead atoms. The highest BCUT2D eigenvalue weighted by Crippen LogP contribution is 2.26. The number of hydrogen-bond acceptors (Lipinski definition) is 5. The van der Waals surface area contributed by atoms with Crippen LogP contribution in [0.5, 0.6) is 0 Å². The molecule has 108 valence electrons. The summed E-state index contributed by atoms with van der Waals surface area (Å²) in [6.45, 7) is 9.48. The summed E-state index contributed by atoms with van der Waals surface area (Å²) in [5, 5.41) is 6.49. The van der Waals surface area contributed by atoms with Crippen LogP contribution in [0.2, 0.25) is 0 Å². The van der Waals surface area contributed by atoms with Crippen molar-refractivity contribution < 1.29 is 4.74 Å². The SMILES string of the molecule is CCCNc1ncnc(NCCOCC(C)C)c1Br. The normalized spacial score (nSPS) is 10.8. The molecule has 1 aromatic rings. The maximum atomic E-state index is 5.51. The van der Waals surface area contributed by atoms with Gasteiger partial charge in [-0.05, 0) is 28.3 Å². The molecule has 1 rings (SSSR count). The van der Waals surface area contributed by atoms with E-state index in [9.17, 15) is 0 Å². The Hall–Kier alpha value is -0.880. The molecule has 0 fully saturated rings. The number of hydrogen-bond donors (Lipinski definition) is 2. The highest BCUT2D eigenvalue weighted by atomic mass is 79.9. The molecule has 0 aliphatic rings. The van der Waals surface area contributed by atoms with Crippen molar-refractivity contribution in [3.8, 4) is 0 Å². The molecule has 0 saturated carbocycles. The lowest BCUT2D eigenvalue weighted by Gasteiger charge is -2.12. The Morgan fingerprint density at radius 2 is 1.84 bits per heavy atom. The summed E-state index contributed by atoms with van der Waals surface area (Å²) in [5.41, 5.74) is 0. The summed E-state index contributed by atoms with van der Waals surface area (Å²) >= 11 is 3.51. The molecule has 0 spiro atoms. The Kier molecular flexibility index (Phi) is 7.74. The lowest BCUT2D eigenvalue weighted by molar-refractivity contribution is 0.118. The highest BCUT2D eigenvalue weighted by molar-refractivity contribution is 9.10. The average molecular weight is 331 g/mol. The van der Waals surface area contributed by atoms with Gasteiger partial charge in [0.25, 0.3) is 0 Å². The fraction of sp³-hybridized carbons (Fsp3) is 0.692. The molecule has 19 heavy (non-hydrogen) atoms. The van der Waals surface area contributed by atoms with Crippen LogP contribution >= 0.6 is 15.9 Å². The third-order valence-electron chi connectivity index (χ3n) is 2.32. The zero-order valence-electron chi connectivity index (χ0n) is 11.9. The quantitative estimate of drug-likeness (QED) is 0.681. The van der Waals surface area contributed by atoms with Crippen molar-refractivity contribution in [2.45, 2.75) is 27.2 Å². The summed E-state index contributed by atoms with van der Waals surface area (Å²) in [5.74, 6) is 2.18. The van der Waals surface area contributed by atoms with E-state index in [4.69, 9.17) is 4.74 Å². The largest absolute Gasteiger partial charge is 0.379 e. The summed E-state index contributed by atoms with van der Waals surface area (Å²) in [7, 11) is 0. The average Bonchev–Trinajstić information content (AvgIpc) is 2.38. The van der Waals surface area contributed by atoms with E-state index in [0.29, 0.717) is 12.5 Å². The minimum atomic E-state index is 0.565. The molecule has 1 aromatic heterocycles. The van der Waals surface area contributed by atoms with Crippen LogP contribution in [0.3, 0.4) is 0 Å². The Morgan fingerprint density at radius 3 is 2.42 bits per heavy atom. The van der Waals surface area contributed by atoms with Gasteiger partial charge in [0.05, 0.1) is 6.61 Å². The van der Waals surface area contributed by atoms with Gasteiger partial charge in [0.1, 0.15) is 22.4 Å². The van der Waals surface area contributed by atoms with Crippen molar-refractivity contribution in [3.05, 3.63) is 10.8 Å². The summed E-state index contributed by atoms with van der Waals surface area (Å²) in [4.78, 5) is 8.42. The topological polar surface area (TPSA) is 59.1 Å². The number of halogens is 1. The molecule has 0 atom stereocenters. The number of aromatic nitrogens is 2. The van der Waals surface area contributed by atoms with Crippen molar-refractivity contribution in [2.75, 3.05) is 36.9 Å². The van der Waals surface area contributed by atoms with E-state index >= 15 is 0 Å². The minimum Gasteiger partial charge on any atom is -0.379 e. The van der Waals surface area contributed by atoms with Gasteiger partial charge in [-0.15, -0.1) is 0 Å². The second-order valence-corrected chi connectivity index (χ2v) is 5.50. The van der Waals surface area contributed by atoms with E-state index in [-0.39, 0.29) is 0 Å². The van der Waals surface area contributed by atoms with Crippen LogP contribution in [0.1, 0.15) is 27.2 Å². The molecule has 0 unspecified atom stereocenters. The van der Waals surface area contributed by atoms with E-state index < -0.39 is 0 Å². The lowest BCUT2D eigenvalue weighted by Crippen LogP contribution is -2.14. The van der Waals surface area contributed by atoms with Gasteiger partial charge >= 0.3 is 0 Å². The zero-order valence-corrected chi connectivity index (χ0v) is 13.5. The van der Waals surface area contributed by atoms with E-state index in [1.165, 1.54) is 0 Å². The van der Waals surface area contributed by atoms with Crippen LogP contribution in [-0.2, 0) is 4.74 Å². The number of anilines is 2. The van der Waals surface area contributed by atoms with Gasteiger partial charge in [-0.3, -0.25) is 0 Å². The van der Waals surface area contributed by atoms with Gasteiger partial charge < -0.3 is 15.4 Å².